The second kappa shape index (κ2) is 6.28. The summed E-state index contributed by atoms with van der Waals surface area (Å²) in [6.45, 7) is 3.59. The number of piperidine rings is 1. The minimum atomic E-state index is 0.273. The predicted molar refractivity (Wildman–Crippen MR) is 84.7 cm³/mol. The van der Waals surface area contributed by atoms with Crippen molar-refractivity contribution in [2.45, 2.75) is 51.0 Å². The van der Waals surface area contributed by atoms with Crippen molar-refractivity contribution in [3.05, 3.63) is 35.9 Å². The van der Waals surface area contributed by atoms with Gasteiger partial charge in [-0.2, -0.15) is 0 Å². The number of nitrogens with zero attached hydrogens (tertiary/aromatic N) is 1. The Balaban J connectivity index is 1.45. The molecular formula is C18H28N2. The highest BCUT2D eigenvalue weighted by atomic mass is 15.1. The van der Waals surface area contributed by atoms with Crippen LogP contribution in [0.25, 0.3) is 0 Å². The zero-order valence-electron chi connectivity index (χ0n) is 12.6. The van der Waals surface area contributed by atoms with Gasteiger partial charge in [0.25, 0.3) is 0 Å². The van der Waals surface area contributed by atoms with Gasteiger partial charge >= 0.3 is 0 Å². The summed E-state index contributed by atoms with van der Waals surface area (Å²) in [5.74, 6) is 0. The largest absolute Gasteiger partial charge is 0.326 e. The second-order valence-electron chi connectivity index (χ2n) is 6.96. The molecule has 1 spiro atoms. The monoisotopic (exact) mass is 272 g/mol. The lowest BCUT2D eigenvalue weighted by Gasteiger charge is -2.40. The normalized spacial score (nSPS) is 24.1. The third kappa shape index (κ3) is 3.42. The molecule has 1 heterocycles. The maximum Gasteiger partial charge on any atom is 0.0208 e. The minimum absolute atomic E-state index is 0.273. The molecule has 2 fully saturated rings. The van der Waals surface area contributed by atoms with Crippen LogP contribution in [-0.2, 0) is 6.42 Å². The van der Waals surface area contributed by atoms with E-state index < -0.39 is 0 Å². The Kier molecular flexibility index (Phi) is 4.42. The van der Waals surface area contributed by atoms with Crippen LogP contribution in [0.5, 0.6) is 0 Å². The van der Waals surface area contributed by atoms with Gasteiger partial charge in [0, 0.05) is 12.6 Å². The fourth-order valence-corrected chi connectivity index (χ4v) is 4.15. The van der Waals surface area contributed by atoms with Gasteiger partial charge in [-0.15, -0.1) is 0 Å². The highest BCUT2D eigenvalue weighted by Crippen LogP contribution is 2.46. The smallest absolute Gasteiger partial charge is 0.0208 e. The Morgan fingerprint density at radius 1 is 1.00 bits per heavy atom. The van der Waals surface area contributed by atoms with Crippen molar-refractivity contribution in [3.8, 4) is 0 Å². The van der Waals surface area contributed by atoms with Crippen molar-refractivity contribution in [3.63, 3.8) is 0 Å². The van der Waals surface area contributed by atoms with Crippen molar-refractivity contribution < 1.29 is 0 Å². The van der Waals surface area contributed by atoms with Crippen molar-refractivity contribution in [1.29, 1.82) is 0 Å². The predicted octanol–water partition coefficient (Wildman–Crippen LogP) is 3.21. The van der Waals surface area contributed by atoms with Gasteiger partial charge in [-0.3, -0.25) is 0 Å². The fraction of sp³-hybridized carbons (Fsp3) is 0.667. The molecule has 3 rings (SSSR count). The molecule has 1 atom stereocenters. The van der Waals surface area contributed by atoms with Crippen LogP contribution in [0.15, 0.2) is 30.3 Å². The zero-order valence-corrected chi connectivity index (χ0v) is 12.6. The first-order chi connectivity index (χ1) is 9.76. The first kappa shape index (κ1) is 14.1. The van der Waals surface area contributed by atoms with Crippen LogP contribution in [0, 0.1) is 5.41 Å². The number of likely N-dealkylation sites (tertiary alicyclic amines) is 1. The maximum atomic E-state index is 6.34. The second-order valence-corrected chi connectivity index (χ2v) is 6.96. The van der Waals surface area contributed by atoms with Crippen LogP contribution in [-0.4, -0.2) is 30.6 Å². The van der Waals surface area contributed by atoms with Gasteiger partial charge in [-0.1, -0.05) is 43.2 Å². The van der Waals surface area contributed by atoms with Gasteiger partial charge in [0.15, 0.2) is 0 Å². The molecule has 0 bridgehead atoms. The summed E-state index contributed by atoms with van der Waals surface area (Å²) in [4.78, 5) is 2.59. The number of rotatable bonds is 4. The van der Waals surface area contributed by atoms with E-state index in [0.29, 0.717) is 0 Å². The van der Waals surface area contributed by atoms with Gasteiger partial charge in [-0.25, -0.2) is 0 Å². The molecule has 2 N–H and O–H groups in total. The summed E-state index contributed by atoms with van der Waals surface area (Å²) >= 11 is 0. The summed E-state index contributed by atoms with van der Waals surface area (Å²) < 4.78 is 0. The molecule has 1 aliphatic carbocycles. The van der Waals surface area contributed by atoms with E-state index in [9.17, 15) is 0 Å². The van der Waals surface area contributed by atoms with Crippen LogP contribution in [0.3, 0.4) is 0 Å². The Hall–Kier alpha value is -0.860. The van der Waals surface area contributed by atoms with Crippen molar-refractivity contribution >= 4 is 0 Å². The fourth-order valence-electron chi connectivity index (χ4n) is 4.15. The average Bonchev–Trinajstić information content (AvgIpc) is 2.91. The Morgan fingerprint density at radius 2 is 1.65 bits per heavy atom. The van der Waals surface area contributed by atoms with Crippen molar-refractivity contribution in [2.24, 2.45) is 11.1 Å². The molecule has 1 aliphatic heterocycles. The summed E-state index contributed by atoms with van der Waals surface area (Å²) in [6, 6.07) is 10.9. The number of nitrogens with two attached hydrogens (primary N) is 1. The molecule has 0 radical (unpaired) electrons. The van der Waals surface area contributed by atoms with Gasteiger partial charge in [-0.05, 0) is 56.2 Å². The number of hydrogen-bond acceptors (Lipinski definition) is 2. The van der Waals surface area contributed by atoms with E-state index in [1.54, 1.807) is 0 Å². The van der Waals surface area contributed by atoms with Gasteiger partial charge < -0.3 is 10.6 Å². The third-order valence-corrected chi connectivity index (χ3v) is 5.41. The summed E-state index contributed by atoms with van der Waals surface area (Å²) in [7, 11) is 0. The molecule has 2 heteroatoms. The highest BCUT2D eigenvalue weighted by molar-refractivity contribution is 5.15. The molecule has 1 saturated carbocycles. The Labute approximate surface area is 123 Å². The van der Waals surface area contributed by atoms with Crippen LogP contribution >= 0.6 is 0 Å². The summed E-state index contributed by atoms with van der Waals surface area (Å²) in [5, 5.41) is 0. The molecule has 0 aromatic heterocycles. The van der Waals surface area contributed by atoms with Gasteiger partial charge in [0.2, 0.25) is 0 Å². The van der Waals surface area contributed by atoms with Gasteiger partial charge in [0.05, 0.1) is 0 Å². The molecule has 1 saturated heterocycles. The van der Waals surface area contributed by atoms with Crippen LogP contribution < -0.4 is 5.73 Å². The van der Waals surface area contributed by atoms with E-state index in [1.165, 1.54) is 57.2 Å². The van der Waals surface area contributed by atoms with Crippen molar-refractivity contribution in [2.75, 3.05) is 19.6 Å². The van der Waals surface area contributed by atoms with E-state index >= 15 is 0 Å². The first-order valence-electron chi connectivity index (χ1n) is 8.28. The molecule has 1 unspecified atom stereocenters. The molecule has 2 aliphatic rings. The lowest BCUT2D eigenvalue weighted by molar-refractivity contribution is 0.104. The van der Waals surface area contributed by atoms with E-state index in [0.717, 1.165) is 18.4 Å². The SMILES string of the molecule is NC(Cc1ccccc1)CN1CCC2(CCCC2)CC1. The highest BCUT2D eigenvalue weighted by Gasteiger charge is 2.36. The Bertz CT molecular complexity index is 399. The van der Waals surface area contributed by atoms with Crippen LogP contribution in [0.4, 0.5) is 0 Å². The number of benzene rings is 1. The molecule has 0 amide bonds. The van der Waals surface area contributed by atoms with Crippen LogP contribution in [0.1, 0.15) is 44.1 Å². The third-order valence-electron chi connectivity index (χ3n) is 5.41. The molecule has 1 aromatic carbocycles. The molecule has 2 nitrogen and oxygen atoms in total. The molecule has 20 heavy (non-hydrogen) atoms. The molecular weight excluding hydrogens is 244 g/mol. The lowest BCUT2D eigenvalue weighted by atomic mass is 9.77. The minimum Gasteiger partial charge on any atom is -0.326 e. The Morgan fingerprint density at radius 3 is 2.30 bits per heavy atom. The quantitative estimate of drug-likeness (QED) is 0.912. The molecule has 110 valence electrons. The van der Waals surface area contributed by atoms with Gasteiger partial charge in [0.1, 0.15) is 0 Å². The molecule has 1 aromatic rings. The standard InChI is InChI=1S/C18H28N2/c19-17(14-16-6-2-1-3-7-16)15-20-12-10-18(11-13-20)8-4-5-9-18/h1-3,6-7,17H,4-5,8-15,19H2. The summed E-state index contributed by atoms with van der Waals surface area (Å²) in [5.41, 5.74) is 8.43. The summed E-state index contributed by atoms with van der Waals surface area (Å²) in [6.07, 6.45) is 9.72. The van der Waals surface area contributed by atoms with E-state index in [4.69, 9.17) is 5.73 Å². The van der Waals surface area contributed by atoms with E-state index in [1.807, 2.05) is 0 Å². The van der Waals surface area contributed by atoms with Crippen LogP contribution in [0.2, 0.25) is 0 Å². The topological polar surface area (TPSA) is 29.3 Å². The van der Waals surface area contributed by atoms with E-state index in [-0.39, 0.29) is 6.04 Å². The van der Waals surface area contributed by atoms with E-state index in [2.05, 4.69) is 35.2 Å². The maximum absolute atomic E-state index is 6.34. The zero-order chi connectivity index (χ0) is 13.8. The van der Waals surface area contributed by atoms with Crippen molar-refractivity contribution in [1.82, 2.24) is 4.90 Å². The lowest BCUT2D eigenvalue weighted by Crippen LogP contribution is -2.45. The number of hydrogen-bond donors (Lipinski definition) is 1. The first-order valence-corrected chi connectivity index (χ1v) is 8.28. The average molecular weight is 272 g/mol.